The Balaban J connectivity index is 2.91. The number of allylic oxidation sites excluding steroid dienone is 3. The van der Waals surface area contributed by atoms with Gasteiger partial charge in [-0.15, -0.1) is 0 Å². The third-order valence-electron chi connectivity index (χ3n) is 3.21. The van der Waals surface area contributed by atoms with Crippen LogP contribution in [0.1, 0.15) is 32.6 Å². The van der Waals surface area contributed by atoms with Crippen molar-refractivity contribution in [3.05, 3.63) is 46.7 Å². The summed E-state index contributed by atoms with van der Waals surface area (Å²) in [6.07, 6.45) is 6.41. The summed E-state index contributed by atoms with van der Waals surface area (Å²) in [5, 5.41) is 10.6. The standard InChI is InChI=1S/C14H19NO3/c1-4-12(8-10(3)15(17)18)13(14(16)5-2)9-11-6-7-11/h4,8,11,13H,1,3,5-7,9H2,2H3/b12-8+. The van der Waals surface area contributed by atoms with Crippen LogP contribution >= 0.6 is 0 Å². The smallest absolute Gasteiger partial charge is 0.262 e. The van der Waals surface area contributed by atoms with Crippen molar-refractivity contribution >= 4 is 5.78 Å². The van der Waals surface area contributed by atoms with Crippen molar-refractivity contribution in [3.63, 3.8) is 0 Å². The van der Waals surface area contributed by atoms with Crippen molar-refractivity contribution in [3.8, 4) is 0 Å². The number of nitro groups is 1. The molecule has 1 saturated carbocycles. The largest absolute Gasteiger partial charge is 0.299 e. The number of carbonyl (C=O) groups is 1. The van der Waals surface area contributed by atoms with Gasteiger partial charge in [0.05, 0.1) is 4.92 Å². The molecular weight excluding hydrogens is 230 g/mol. The van der Waals surface area contributed by atoms with Crippen molar-refractivity contribution in [2.75, 3.05) is 0 Å². The van der Waals surface area contributed by atoms with Crippen molar-refractivity contribution in [1.82, 2.24) is 0 Å². The number of ketones is 1. The zero-order chi connectivity index (χ0) is 13.7. The molecule has 1 atom stereocenters. The molecule has 1 unspecified atom stereocenters. The first-order valence-corrected chi connectivity index (χ1v) is 6.19. The highest BCUT2D eigenvalue weighted by atomic mass is 16.6. The molecular formula is C14H19NO3. The first kappa shape index (κ1) is 14.4. The summed E-state index contributed by atoms with van der Waals surface area (Å²) < 4.78 is 0. The Labute approximate surface area is 107 Å². The molecule has 0 spiro atoms. The van der Waals surface area contributed by atoms with Crippen LogP contribution in [-0.2, 0) is 4.79 Å². The predicted molar refractivity (Wildman–Crippen MR) is 70.5 cm³/mol. The van der Waals surface area contributed by atoms with E-state index in [1.807, 2.05) is 6.92 Å². The second-order valence-corrected chi connectivity index (χ2v) is 4.65. The SMILES string of the molecule is C=C/C(=C\C(=C)[N+](=O)[O-])C(CC1CC1)C(=O)CC. The lowest BCUT2D eigenvalue weighted by Gasteiger charge is -2.15. The average molecular weight is 249 g/mol. The molecule has 98 valence electrons. The lowest BCUT2D eigenvalue weighted by Crippen LogP contribution is -2.16. The van der Waals surface area contributed by atoms with Crippen LogP contribution in [0.2, 0.25) is 0 Å². The van der Waals surface area contributed by atoms with E-state index in [2.05, 4.69) is 13.2 Å². The minimum Gasteiger partial charge on any atom is -0.299 e. The Bertz CT molecular complexity index is 405. The predicted octanol–water partition coefficient (Wildman–Crippen LogP) is 3.28. The maximum absolute atomic E-state index is 11.9. The molecule has 0 saturated heterocycles. The molecule has 0 heterocycles. The minimum atomic E-state index is -0.548. The molecule has 4 nitrogen and oxygen atoms in total. The number of hydrogen-bond acceptors (Lipinski definition) is 3. The molecule has 1 fully saturated rings. The number of carbonyl (C=O) groups excluding carboxylic acids is 1. The van der Waals surface area contributed by atoms with Crippen LogP contribution in [0.3, 0.4) is 0 Å². The van der Waals surface area contributed by atoms with Crippen LogP contribution < -0.4 is 0 Å². The zero-order valence-corrected chi connectivity index (χ0v) is 10.7. The van der Waals surface area contributed by atoms with Crippen molar-refractivity contribution in [1.29, 1.82) is 0 Å². The van der Waals surface area contributed by atoms with E-state index in [9.17, 15) is 14.9 Å². The summed E-state index contributed by atoms with van der Waals surface area (Å²) in [7, 11) is 0. The van der Waals surface area contributed by atoms with Gasteiger partial charge in [-0.1, -0.05) is 32.4 Å². The van der Waals surface area contributed by atoms with Gasteiger partial charge in [0, 0.05) is 18.4 Å². The fourth-order valence-electron chi connectivity index (χ4n) is 1.93. The normalized spacial score (nSPS) is 17.1. The molecule has 1 aliphatic carbocycles. The van der Waals surface area contributed by atoms with Gasteiger partial charge in [-0.3, -0.25) is 14.9 Å². The quantitative estimate of drug-likeness (QED) is 0.377. The van der Waals surface area contributed by atoms with Gasteiger partial charge in [0.2, 0.25) is 0 Å². The highest BCUT2D eigenvalue weighted by Gasteiger charge is 2.30. The number of rotatable bonds is 8. The fraction of sp³-hybridized carbons (Fsp3) is 0.500. The van der Waals surface area contributed by atoms with Gasteiger partial charge in [-0.05, 0) is 24.5 Å². The van der Waals surface area contributed by atoms with Crippen LogP contribution in [0.4, 0.5) is 0 Å². The summed E-state index contributed by atoms with van der Waals surface area (Å²) >= 11 is 0. The number of Topliss-reactive ketones (excluding diaryl/α,β-unsaturated/α-hetero) is 1. The summed E-state index contributed by atoms with van der Waals surface area (Å²) in [4.78, 5) is 22.0. The molecule has 4 heteroatoms. The van der Waals surface area contributed by atoms with Gasteiger partial charge in [0.15, 0.2) is 0 Å². The Kier molecular flexibility index (Phi) is 5.01. The van der Waals surface area contributed by atoms with Crippen LogP contribution in [0, 0.1) is 22.0 Å². The van der Waals surface area contributed by atoms with Crippen LogP contribution in [0.25, 0.3) is 0 Å². The molecule has 0 bridgehead atoms. The average Bonchev–Trinajstić information content (AvgIpc) is 3.15. The Morgan fingerprint density at radius 1 is 1.56 bits per heavy atom. The molecule has 0 aromatic carbocycles. The van der Waals surface area contributed by atoms with Crippen molar-refractivity contribution in [2.45, 2.75) is 32.6 Å². The van der Waals surface area contributed by atoms with E-state index in [1.165, 1.54) is 12.2 Å². The third-order valence-corrected chi connectivity index (χ3v) is 3.21. The van der Waals surface area contributed by atoms with E-state index in [0.29, 0.717) is 17.9 Å². The lowest BCUT2D eigenvalue weighted by atomic mass is 9.87. The first-order valence-electron chi connectivity index (χ1n) is 6.19. The summed E-state index contributed by atoms with van der Waals surface area (Å²) in [6, 6.07) is 0. The third kappa shape index (κ3) is 3.95. The molecule has 0 aromatic rings. The molecule has 1 rings (SSSR count). The topological polar surface area (TPSA) is 60.2 Å². The molecule has 0 aromatic heterocycles. The Morgan fingerprint density at radius 2 is 2.17 bits per heavy atom. The van der Waals surface area contributed by atoms with Gasteiger partial charge in [-0.2, -0.15) is 0 Å². The monoisotopic (exact) mass is 249 g/mol. The maximum Gasteiger partial charge on any atom is 0.262 e. The van der Waals surface area contributed by atoms with Gasteiger partial charge >= 0.3 is 0 Å². The fourth-order valence-corrected chi connectivity index (χ4v) is 1.93. The van der Waals surface area contributed by atoms with Crippen LogP contribution in [0.5, 0.6) is 0 Å². The minimum absolute atomic E-state index is 0.115. The maximum atomic E-state index is 11.9. The van der Waals surface area contributed by atoms with Gasteiger partial charge in [0.25, 0.3) is 5.70 Å². The van der Waals surface area contributed by atoms with Crippen molar-refractivity contribution < 1.29 is 9.72 Å². The molecule has 0 amide bonds. The van der Waals surface area contributed by atoms with Crippen LogP contribution in [-0.4, -0.2) is 10.7 Å². The Hall–Kier alpha value is -1.71. The second kappa shape index (κ2) is 6.28. The number of nitrogens with zero attached hydrogens (tertiary/aromatic N) is 1. The van der Waals surface area contributed by atoms with Crippen molar-refractivity contribution in [2.24, 2.45) is 11.8 Å². The van der Waals surface area contributed by atoms with Gasteiger partial charge in [-0.25, -0.2) is 0 Å². The highest BCUT2D eigenvalue weighted by Crippen LogP contribution is 2.38. The van der Waals surface area contributed by atoms with E-state index in [4.69, 9.17) is 0 Å². The second-order valence-electron chi connectivity index (χ2n) is 4.65. The first-order chi connectivity index (χ1) is 8.49. The van der Waals surface area contributed by atoms with E-state index in [0.717, 1.165) is 19.3 Å². The molecule has 18 heavy (non-hydrogen) atoms. The molecule has 0 radical (unpaired) electrons. The van der Waals surface area contributed by atoms with Gasteiger partial charge in [0.1, 0.15) is 5.78 Å². The zero-order valence-electron chi connectivity index (χ0n) is 10.7. The van der Waals surface area contributed by atoms with E-state index in [1.54, 1.807) is 0 Å². The Morgan fingerprint density at radius 3 is 2.56 bits per heavy atom. The van der Waals surface area contributed by atoms with Gasteiger partial charge < -0.3 is 0 Å². The summed E-state index contributed by atoms with van der Waals surface area (Å²) in [6.45, 7) is 8.84. The van der Waals surface area contributed by atoms with E-state index >= 15 is 0 Å². The van der Waals surface area contributed by atoms with E-state index < -0.39 is 4.92 Å². The lowest BCUT2D eigenvalue weighted by molar-refractivity contribution is -0.418. The van der Waals surface area contributed by atoms with Crippen LogP contribution in [0.15, 0.2) is 36.6 Å². The molecule has 0 aliphatic heterocycles. The highest BCUT2D eigenvalue weighted by molar-refractivity contribution is 5.84. The number of hydrogen-bond donors (Lipinski definition) is 0. The summed E-state index contributed by atoms with van der Waals surface area (Å²) in [5.74, 6) is 0.429. The summed E-state index contributed by atoms with van der Waals surface area (Å²) in [5.41, 5.74) is 0.421. The molecule has 0 N–H and O–H groups in total. The van der Waals surface area contributed by atoms with E-state index in [-0.39, 0.29) is 17.4 Å². The molecule has 1 aliphatic rings.